The van der Waals surface area contributed by atoms with Crippen molar-refractivity contribution in [2.45, 2.75) is 6.92 Å². The molecule has 0 radical (unpaired) electrons. The summed E-state index contributed by atoms with van der Waals surface area (Å²) >= 11 is 0. The molecule has 1 heterocycles. The molecule has 2 rings (SSSR count). The number of hydrogen-bond donors (Lipinski definition) is 2. The highest BCUT2D eigenvalue weighted by Gasteiger charge is 1.95. The second-order valence-corrected chi connectivity index (χ2v) is 3.48. The quantitative estimate of drug-likeness (QED) is 0.862. The smallest absolute Gasteiger partial charge is 0.329 e. The van der Waals surface area contributed by atoms with Crippen molar-refractivity contribution in [1.82, 2.24) is 0 Å². The molecule has 1 aromatic rings. The fraction of sp³-hybridized carbons (Fsp3) is 0.214. The predicted molar refractivity (Wildman–Crippen MR) is 72.4 cm³/mol. The summed E-state index contributed by atoms with van der Waals surface area (Å²) in [6.45, 7) is 2.03. The summed E-state index contributed by atoms with van der Waals surface area (Å²) in [5, 5.41) is 11.1. The minimum atomic E-state index is -0.915. The van der Waals surface area contributed by atoms with E-state index in [1.807, 2.05) is 30.5 Å². The molecule has 4 heteroatoms. The second kappa shape index (κ2) is 8.08. The largest absolute Gasteiger partial charge is 0.480 e. The molecular formula is C14H17NO3. The second-order valence-electron chi connectivity index (χ2n) is 3.48. The Labute approximate surface area is 107 Å². The van der Waals surface area contributed by atoms with E-state index >= 15 is 0 Å². The minimum Gasteiger partial charge on any atom is -0.480 e. The van der Waals surface area contributed by atoms with Gasteiger partial charge in [0.05, 0.1) is 0 Å². The van der Waals surface area contributed by atoms with Crippen LogP contribution in [0.15, 0.2) is 42.6 Å². The third-order valence-electron chi connectivity index (χ3n) is 2.11. The third kappa shape index (κ3) is 5.32. The van der Waals surface area contributed by atoms with Crippen LogP contribution >= 0.6 is 0 Å². The third-order valence-corrected chi connectivity index (χ3v) is 2.11. The van der Waals surface area contributed by atoms with Crippen molar-refractivity contribution < 1.29 is 14.6 Å². The average Bonchev–Trinajstić information content (AvgIpc) is 2.62. The topological polar surface area (TPSA) is 58.6 Å². The van der Waals surface area contributed by atoms with E-state index in [2.05, 4.69) is 28.3 Å². The first-order chi connectivity index (χ1) is 8.74. The number of hydrogen-bond acceptors (Lipinski definition) is 3. The van der Waals surface area contributed by atoms with E-state index in [1.54, 1.807) is 6.92 Å². The maximum Gasteiger partial charge on any atom is 0.329 e. The lowest BCUT2D eigenvalue weighted by atomic mass is 10.2. The molecule has 1 aliphatic heterocycles. The number of carboxylic acid groups (broad SMARTS) is 1. The van der Waals surface area contributed by atoms with E-state index < -0.39 is 5.97 Å². The van der Waals surface area contributed by atoms with Crippen LogP contribution in [0.25, 0.3) is 6.08 Å². The lowest BCUT2D eigenvalue weighted by Crippen LogP contribution is -2.05. The number of aliphatic carboxylic acids is 1. The van der Waals surface area contributed by atoms with E-state index in [0.717, 1.165) is 5.69 Å². The number of rotatable bonds is 3. The van der Waals surface area contributed by atoms with Crippen molar-refractivity contribution in [2.24, 2.45) is 0 Å². The van der Waals surface area contributed by atoms with Crippen LogP contribution < -0.4 is 5.32 Å². The van der Waals surface area contributed by atoms with Crippen molar-refractivity contribution in [1.29, 1.82) is 0 Å². The molecule has 0 amide bonds. The van der Waals surface area contributed by atoms with Crippen LogP contribution in [0.3, 0.4) is 0 Å². The Kier molecular flexibility index (Phi) is 6.28. The molecule has 0 atom stereocenters. The molecule has 4 nitrogen and oxygen atoms in total. The van der Waals surface area contributed by atoms with Gasteiger partial charge in [0.1, 0.15) is 6.61 Å². The fourth-order valence-electron chi connectivity index (χ4n) is 1.32. The number of carbonyl (C=O) groups is 1. The summed E-state index contributed by atoms with van der Waals surface area (Å²) in [4.78, 5) is 9.63. The highest BCUT2D eigenvalue weighted by molar-refractivity contribution is 5.69. The Morgan fingerprint density at radius 3 is 2.78 bits per heavy atom. The molecule has 18 heavy (non-hydrogen) atoms. The van der Waals surface area contributed by atoms with Crippen LogP contribution in [0.5, 0.6) is 0 Å². The van der Waals surface area contributed by atoms with E-state index in [1.165, 1.54) is 5.56 Å². The summed E-state index contributed by atoms with van der Waals surface area (Å²) < 4.78 is 4.50. The first kappa shape index (κ1) is 14.0. The number of ether oxygens (including phenoxy) is 1. The number of nitrogens with one attached hydrogen (secondary N) is 1. The number of para-hydroxylation sites is 1. The van der Waals surface area contributed by atoms with E-state index in [9.17, 15) is 4.79 Å². The van der Waals surface area contributed by atoms with Crippen LogP contribution in [-0.4, -0.2) is 24.3 Å². The van der Waals surface area contributed by atoms with Crippen molar-refractivity contribution in [3.05, 3.63) is 48.2 Å². The predicted octanol–water partition coefficient (Wildman–Crippen LogP) is 2.75. The number of fused-ring (bicyclic) bond motifs is 1. The van der Waals surface area contributed by atoms with E-state index in [0.29, 0.717) is 6.61 Å². The molecule has 0 saturated heterocycles. The van der Waals surface area contributed by atoms with Crippen LogP contribution in [-0.2, 0) is 9.53 Å². The Hall–Kier alpha value is -2.07. The Bertz CT molecular complexity index is 438. The molecular weight excluding hydrogens is 230 g/mol. The molecule has 0 fully saturated rings. The minimum absolute atomic E-state index is 0.184. The van der Waals surface area contributed by atoms with Gasteiger partial charge < -0.3 is 15.2 Å². The average molecular weight is 247 g/mol. The van der Waals surface area contributed by atoms with Crippen molar-refractivity contribution >= 4 is 17.7 Å². The molecule has 0 saturated carbocycles. The van der Waals surface area contributed by atoms with Gasteiger partial charge in [-0.3, -0.25) is 0 Å². The Morgan fingerprint density at radius 2 is 2.11 bits per heavy atom. The van der Waals surface area contributed by atoms with Crippen molar-refractivity contribution in [3.63, 3.8) is 0 Å². The summed E-state index contributed by atoms with van der Waals surface area (Å²) in [6, 6.07) is 8.22. The van der Waals surface area contributed by atoms with Crippen LogP contribution in [0.4, 0.5) is 5.69 Å². The molecule has 0 aliphatic carbocycles. The summed E-state index contributed by atoms with van der Waals surface area (Å²) in [6.07, 6.45) is 8.03. The molecule has 1 aromatic carbocycles. The van der Waals surface area contributed by atoms with Gasteiger partial charge in [-0.05, 0) is 24.6 Å². The van der Waals surface area contributed by atoms with Gasteiger partial charge in [-0.2, -0.15) is 0 Å². The van der Waals surface area contributed by atoms with Gasteiger partial charge >= 0.3 is 5.97 Å². The SMILES string of the molecule is C1=CNc2ccccc2C=C1.CCOCC(=O)O. The molecule has 96 valence electrons. The Balaban J connectivity index is 0.000000203. The van der Waals surface area contributed by atoms with Crippen molar-refractivity contribution in [2.75, 3.05) is 18.5 Å². The number of carboxylic acids is 1. The number of allylic oxidation sites excluding steroid dienone is 2. The normalized spacial score (nSPS) is 11.6. The van der Waals surface area contributed by atoms with Gasteiger partial charge in [-0.25, -0.2) is 4.79 Å². The molecule has 0 bridgehead atoms. The van der Waals surface area contributed by atoms with Crippen LogP contribution in [0, 0.1) is 0 Å². The van der Waals surface area contributed by atoms with Gasteiger partial charge in [0.15, 0.2) is 0 Å². The zero-order chi connectivity index (χ0) is 13.2. The van der Waals surface area contributed by atoms with Gasteiger partial charge in [0.2, 0.25) is 0 Å². The van der Waals surface area contributed by atoms with Crippen LogP contribution in [0.1, 0.15) is 12.5 Å². The number of benzene rings is 1. The monoisotopic (exact) mass is 247 g/mol. The fourth-order valence-corrected chi connectivity index (χ4v) is 1.32. The standard InChI is InChI=1S/C10H9N.C4H8O3/c1-2-7-10-9(5-1)6-3-4-8-11-10;1-2-7-3-4(5)6/h1-8,11H;2-3H2,1H3,(H,5,6). The lowest BCUT2D eigenvalue weighted by Gasteiger charge is -2.01. The molecule has 0 aromatic heterocycles. The van der Waals surface area contributed by atoms with E-state index in [4.69, 9.17) is 5.11 Å². The van der Waals surface area contributed by atoms with Crippen LogP contribution in [0.2, 0.25) is 0 Å². The molecule has 2 N–H and O–H groups in total. The maximum atomic E-state index is 9.63. The zero-order valence-electron chi connectivity index (χ0n) is 10.3. The number of anilines is 1. The molecule has 0 unspecified atom stereocenters. The summed E-state index contributed by atoms with van der Waals surface area (Å²) in [7, 11) is 0. The van der Waals surface area contributed by atoms with Gasteiger partial charge in [0.25, 0.3) is 0 Å². The van der Waals surface area contributed by atoms with Gasteiger partial charge in [-0.1, -0.05) is 30.4 Å². The highest BCUT2D eigenvalue weighted by atomic mass is 16.5. The molecule has 0 spiro atoms. The molecule has 1 aliphatic rings. The highest BCUT2D eigenvalue weighted by Crippen LogP contribution is 2.18. The first-order valence-electron chi connectivity index (χ1n) is 5.72. The van der Waals surface area contributed by atoms with Gasteiger partial charge in [-0.15, -0.1) is 0 Å². The zero-order valence-corrected chi connectivity index (χ0v) is 10.3. The first-order valence-corrected chi connectivity index (χ1v) is 5.72. The van der Waals surface area contributed by atoms with Crippen molar-refractivity contribution in [3.8, 4) is 0 Å². The van der Waals surface area contributed by atoms with E-state index in [-0.39, 0.29) is 6.61 Å². The summed E-state index contributed by atoms with van der Waals surface area (Å²) in [5.41, 5.74) is 2.40. The van der Waals surface area contributed by atoms with Gasteiger partial charge in [0, 0.05) is 18.5 Å². The lowest BCUT2D eigenvalue weighted by molar-refractivity contribution is -0.142. The Morgan fingerprint density at radius 1 is 1.33 bits per heavy atom. The maximum absolute atomic E-state index is 9.63. The summed E-state index contributed by atoms with van der Waals surface area (Å²) in [5.74, 6) is -0.915.